The number of nitrogens with zero attached hydrogens (tertiary/aromatic N) is 3. The van der Waals surface area contributed by atoms with Crippen LogP contribution in [-0.4, -0.2) is 15.7 Å². The number of aliphatic imine (C=N–C) groups is 1. The molecular weight excluding hydrogens is 488 g/mol. The monoisotopic (exact) mass is 515 g/mol. The van der Waals surface area contributed by atoms with E-state index in [2.05, 4.69) is 21.9 Å². The molecule has 0 fully saturated rings. The lowest BCUT2D eigenvalue weighted by Crippen LogP contribution is -2.13. The molecule has 0 saturated heterocycles. The SMILES string of the molecule is C=C(NCc1ccccn1)c1c(/N=C(\C)c2cncc(SN)c2)cccc1-c1ccc(C(C)(F)F)cc1. The lowest BCUT2D eigenvalue weighted by molar-refractivity contribution is 0.0175. The molecule has 0 amide bonds. The molecule has 2 heterocycles. The Labute approximate surface area is 219 Å². The van der Waals surface area contributed by atoms with Crippen molar-refractivity contribution in [3.05, 3.63) is 114 Å². The van der Waals surface area contributed by atoms with Crippen LogP contribution < -0.4 is 10.5 Å². The number of nitrogens with one attached hydrogen (secondary N) is 1. The van der Waals surface area contributed by atoms with E-state index in [1.54, 1.807) is 30.7 Å². The summed E-state index contributed by atoms with van der Waals surface area (Å²) in [5.41, 5.74) is 6.11. The maximum atomic E-state index is 13.8. The van der Waals surface area contributed by atoms with Gasteiger partial charge >= 0.3 is 0 Å². The lowest BCUT2D eigenvalue weighted by atomic mass is 9.94. The van der Waals surface area contributed by atoms with Gasteiger partial charge in [-0.25, -0.2) is 8.78 Å². The van der Waals surface area contributed by atoms with Crippen LogP contribution >= 0.6 is 11.9 Å². The van der Waals surface area contributed by atoms with Gasteiger partial charge in [-0.05, 0) is 54.3 Å². The highest BCUT2D eigenvalue weighted by atomic mass is 32.2. The summed E-state index contributed by atoms with van der Waals surface area (Å²) in [5.74, 6) is -2.91. The van der Waals surface area contributed by atoms with Gasteiger partial charge in [0, 0.05) is 58.5 Å². The number of hydrogen-bond acceptors (Lipinski definition) is 6. The van der Waals surface area contributed by atoms with E-state index < -0.39 is 5.92 Å². The van der Waals surface area contributed by atoms with Gasteiger partial charge in [-0.15, -0.1) is 0 Å². The molecule has 0 spiro atoms. The average Bonchev–Trinajstić information content (AvgIpc) is 2.91. The Kier molecular flexibility index (Phi) is 8.11. The summed E-state index contributed by atoms with van der Waals surface area (Å²) in [5, 5.41) is 9.06. The fourth-order valence-electron chi connectivity index (χ4n) is 3.85. The Morgan fingerprint density at radius 1 is 1.08 bits per heavy atom. The summed E-state index contributed by atoms with van der Waals surface area (Å²) < 4.78 is 27.6. The predicted molar refractivity (Wildman–Crippen MR) is 148 cm³/mol. The van der Waals surface area contributed by atoms with Crippen molar-refractivity contribution in [1.29, 1.82) is 0 Å². The molecule has 0 bridgehead atoms. The van der Waals surface area contributed by atoms with Crippen molar-refractivity contribution in [2.24, 2.45) is 10.1 Å². The number of hydrogen-bond donors (Lipinski definition) is 2. The molecule has 4 rings (SSSR count). The van der Waals surface area contributed by atoms with E-state index in [4.69, 9.17) is 10.1 Å². The molecule has 0 radical (unpaired) electrons. The minimum atomic E-state index is -2.91. The Balaban J connectivity index is 1.77. The summed E-state index contributed by atoms with van der Waals surface area (Å²) in [7, 11) is 0. The van der Waals surface area contributed by atoms with Crippen molar-refractivity contribution in [3.8, 4) is 11.1 Å². The standard InChI is InChI=1S/C29H27F2N5S/c1-19(22-15-25(37-32)18-33-16-22)36-27-9-6-8-26(21-10-12-23(13-11-21)29(3,30)31)28(27)20(2)35-17-24-7-4-5-14-34-24/h4-16,18,35H,2,17,32H2,1,3H3/b36-19+. The number of alkyl halides is 2. The van der Waals surface area contributed by atoms with Crippen LogP contribution in [0.2, 0.25) is 0 Å². The van der Waals surface area contributed by atoms with Gasteiger partial charge in [0.25, 0.3) is 5.92 Å². The van der Waals surface area contributed by atoms with E-state index in [1.807, 2.05) is 49.4 Å². The highest BCUT2D eigenvalue weighted by Crippen LogP contribution is 2.37. The summed E-state index contributed by atoms with van der Waals surface area (Å²) >= 11 is 1.12. The number of aromatic nitrogens is 2. The molecule has 0 saturated carbocycles. The van der Waals surface area contributed by atoms with Crippen LogP contribution in [0, 0.1) is 0 Å². The van der Waals surface area contributed by atoms with Crippen LogP contribution in [0.25, 0.3) is 16.8 Å². The fourth-order valence-corrected chi connectivity index (χ4v) is 4.16. The molecule has 3 N–H and O–H groups in total. The average molecular weight is 516 g/mol. The third-order valence-corrected chi connectivity index (χ3v) is 6.31. The van der Waals surface area contributed by atoms with E-state index in [-0.39, 0.29) is 5.56 Å². The summed E-state index contributed by atoms with van der Waals surface area (Å²) in [6.45, 7) is 7.55. The number of pyridine rings is 2. The van der Waals surface area contributed by atoms with Crippen molar-refractivity contribution in [2.45, 2.75) is 31.2 Å². The second-order valence-electron chi connectivity index (χ2n) is 8.54. The maximum absolute atomic E-state index is 13.8. The zero-order valence-electron chi connectivity index (χ0n) is 20.6. The summed E-state index contributed by atoms with van der Waals surface area (Å²) in [6, 6.07) is 19.7. The number of nitrogens with two attached hydrogens (primary N) is 1. The highest BCUT2D eigenvalue weighted by molar-refractivity contribution is 7.97. The predicted octanol–water partition coefficient (Wildman–Crippen LogP) is 7.12. The fraction of sp³-hybridized carbons (Fsp3) is 0.138. The van der Waals surface area contributed by atoms with Gasteiger partial charge in [-0.2, -0.15) is 0 Å². The zero-order valence-corrected chi connectivity index (χ0v) is 21.4. The molecule has 2 aromatic heterocycles. The van der Waals surface area contributed by atoms with E-state index in [9.17, 15) is 8.78 Å². The minimum absolute atomic E-state index is 0.0416. The van der Waals surface area contributed by atoms with E-state index in [0.717, 1.165) is 57.4 Å². The molecule has 37 heavy (non-hydrogen) atoms. The largest absolute Gasteiger partial charge is 0.379 e. The van der Waals surface area contributed by atoms with E-state index in [1.165, 1.54) is 12.1 Å². The smallest absolute Gasteiger partial charge is 0.270 e. The van der Waals surface area contributed by atoms with E-state index in [0.29, 0.717) is 17.9 Å². The van der Waals surface area contributed by atoms with Crippen LogP contribution in [0.15, 0.2) is 102 Å². The molecule has 0 unspecified atom stereocenters. The van der Waals surface area contributed by atoms with Crippen molar-refractivity contribution in [3.63, 3.8) is 0 Å². The molecule has 4 aromatic rings. The van der Waals surface area contributed by atoms with Crippen molar-refractivity contribution in [2.75, 3.05) is 0 Å². The molecule has 188 valence electrons. The van der Waals surface area contributed by atoms with Crippen molar-refractivity contribution in [1.82, 2.24) is 15.3 Å². The molecule has 5 nitrogen and oxygen atoms in total. The number of rotatable bonds is 9. The molecule has 0 aliphatic carbocycles. The quantitative estimate of drug-likeness (QED) is 0.183. The molecule has 2 aromatic carbocycles. The first kappa shape index (κ1) is 26.2. The maximum Gasteiger partial charge on any atom is 0.270 e. The van der Waals surface area contributed by atoms with Gasteiger partial charge in [0.15, 0.2) is 0 Å². The topological polar surface area (TPSA) is 76.2 Å². The van der Waals surface area contributed by atoms with Gasteiger partial charge in [-0.1, -0.05) is 49.0 Å². The first-order valence-electron chi connectivity index (χ1n) is 11.6. The van der Waals surface area contributed by atoms with Crippen LogP contribution in [0.5, 0.6) is 0 Å². The second kappa shape index (κ2) is 11.5. The zero-order chi connectivity index (χ0) is 26.4. The van der Waals surface area contributed by atoms with Crippen LogP contribution in [0.4, 0.5) is 14.5 Å². The van der Waals surface area contributed by atoms with Gasteiger partial charge in [-0.3, -0.25) is 20.1 Å². The molecule has 0 aliphatic rings. The van der Waals surface area contributed by atoms with Crippen LogP contribution in [0.3, 0.4) is 0 Å². The minimum Gasteiger partial charge on any atom is -0.379 e. The molecular formula is C29H27F2N5S. The normalized spacial score (nSPS) is 11.9. The van der Waals surface area contributed by atoms with Crippen molar-refractivity contribution >= 4 is 29.0 Å². The first-order valence-corrected chi connectivity index (χ1v) is 12.5. The molecule has 8 heteroatoms. The van der Waals surface area contributed by atoms with E-state index >= 15 is 0 Å². The van der Waals surface area contributed by atoms with Crippen molar-refractivity contribution < 1.29 is 8.78 Å². The Morgan fingerprint density at radius 3 is 2.54 bits per heavy atom. The molecule has 0 aliphatic heterocycles. The van der Waals surface area contributed by atoms with Gasteiger partial charge in [0.05, 0.1) is 17.9 Å². The third-order valence-electron chi connectivity index (χ3n) is 5.81. The summed E-state index contributed by atoms with van der Waals surface area (Å²) in [6.07, 6.45) is 5.17. The second-order valence-corrected chi connectivity index (χ2v) is 9.25. The Morgan fingerprint density at radius 2 is 1.86 bits per heavy atom. The number of halogens is 2. The summed E-state index contributed by atoms with van der Waals surface area (Å²) in [4.78, 5) is 14.4. The Hall–Kier alpha value is -3.88. The lowest BCUT2D eigenvalue weighted by Gasteiger charge is -2.18. The van der Waals surface area contributed by atoms with Gasteiger partial charge < -0.3 is 5.32 Å². The van der Waals surface area contributed by atoms with Crippen LogP contribution in [-0.2, 0) is 12.5 Å². The molecule has 0 atom stereocenters. The third kappa shape index (κ3) is 6.47. The van der Waals surface area contributed by atoms with Crippen LogP contribution in [0.1, 0.15) is 36.2 Å². The first-order chi connectivity index (χ1) is 17.8. The highest BCUT2D eigenvalue weighted by Gasteiger charge is 2.24. The van der Waals surface area contributed by atoms with Gasteiger partial charge in [0.2, 0.25) is 0 Å². The van der Waals surface area contributed by atoms with Gasteiger partial charge in [0.1, 0.15) is 0 Å². The Bertz CT molecular complexity index is 1410. The number of benzene rings is 2.